The number of aliphatic hydroxyl groups excluding tert-OH is 2. The summed E-state index contributed by atoms with van der Waals surface area (Å²) in [5.74, 6) is -0.0530. The Labute approximate surface area is 450 Å². The lowest BCUT2D eigenvalue weighted by molar-refractivity contribution is -0.143. The van der Waals surface area contributed by atoms with E-state index in [0.717, 1.165) is 44.9 Å². The smallest absolute Gasteiger partial charge is 0.305 e. The van der Waals surface area contributed by atoms with E-state index in [1.54, 1.807) is 6.08 Å². The lowest BCUT2D eigenvalue weighted by atomic mass is 10.0. The molecule has 2 unspecified atom stereocenters. The molecule has 426 valence electrons. The van der Waals surface area contributed by atoms with E-state index in [1.807, 2.05) is 6.08 Å². The molecule has 0 aromatic heterocycles. The predicted molar refractivity (Wildman–Crippen MR) is 315 cm³/mol. The Bertz CT molecular complexity index is 1120. The van der Waals surface area contributed by atoms with Gasteiger partial charge in [0.1, 0.15) is 0 Å². The van der Waals surface area contributed by atoms with Crippen molar-refractivity contribution in [1.82, 2.24) is 5.32 Å². The summed E-state index contributed by atoms with van der Waals surface area (Å²) in [5, 5.41) is 23.0. The first kappa shape index (κ1) is 70.3. The van der Waals surface area contributed by atoms with E-state index >= 15 is 0 Å². The van der Waals surface area contributed by atoms with Crippen LogP contribution in [-0.2, 0) is 14.3 Å². The number of unbranched alkanes of at least 4 members (excludes halogenated alkanes) is 48. The average molecular weight is 1010 g/mol. The number of hydrogen-bond acceptors (Lipinski definition) is 5. The molecule has 0 aromatic carbocycles. The van der Waals surface area contributed by atoms with Gasteiger partial charge in [-0.05, 0) is 57.8 Å². The molecule has 2 atom stereocenters. The van der Waals surface area contributed by atoms with Crippen LogP contribution < -0.4 is 5.32 Å². The van der Waals surface area contributed by atoms with Crippen molar-refractivity contribution >= 4 is 11.9 Å². The highest BCUT2D eigenvalue weighted by Gasteiger charge is 2.18. The van der Waals surface area contributed by atoms with Gasteiger partial charge in [-0.2, -0.15) is 0 Å². The van der Waals surface area contributed by atoms with E-state index in [4.69, 9.17) is 4.74 Å². The molecule has 0 aliphatic carbocycles. The molecule has 0 bridgehead atoms. The molecule has 6 heteroatoms. The molecule has 1 amide bonds. The number of nitrogens with one attached hydrogen (secondary N) is 1. The monoisotopic (exact) mass is 1010 g/mol. The highest BCUT2D eigenvalue weighted by atomic mass is 16.5. The second-order valence-electron chi connectivity index (χ2n) is 22.5. The van der Waals surface area contributed by atoms with Gasteiger partial charge in [0.25, 0.3) is 0 Å². The van der Waals surface area contributed by atoms with Crippen molar-refractivity contribution in [2.24, 2.45) is 0 Å². The van der Waals surface area contributed by atoms with Gasteiger partial charge in [-0.15, -0.1) is 0 Å². The van der Waals surface area contributed by atoms with E-state index in [-0.39, 0.29) is 18.5 Å². The van der Waals surface area contributed by atoms with E-state index in [0.29, 0.717) is 19.4 Å². The first-order valence-electron chi connectivity index (χ1n) is 32.6. The molecule has 72 heavy (non-hydrogen) atoms. The Morgan fingerprint density at radius 3 is 0.986 bits per heavy atom. The van der Waals surface area contributed by atoms with Crippen LogP contribution in [0, 0.1) is 0 Å². The fraction of sp³-hybridized carbons (Fsp3) is 0.909. The largest absolute Gasteiger partial charge is 0.466 e. The van der Waals surface area contributed by atoms with E-state index < -0.39 is 12.1 Å². The minimum atomic E-state index is -0.840. The zero-order valence-electron chi connectivity index (χ0n) is 48.7. The van der Waals surface area contributed by atoms with Gasteiger partial charge >= 0.3 is 5.97 Å². The van der Waals surface area contributed by atoms with E-state index in [2.05, 4.69) is 31.3 Å². The van der Waals surface area contributed by atoms with Gasteiger partial charge in [0.2, 0.25) is 5.91 Å². The predicted octanol–water partition coefficient (Wildman–Crippen LogP) is 20.6. The van der Waals surface area contributed by atoms with Crippen molar-refractivity contribution in [2.75, 3.05) is 13.2 Å². The number of allylic oxidation sites excluding steroid dienone is 3. The fourth-order valence-electron chi connectivity index (χ4n) is 10.2. The highest BCUT2D eigenvalue weighted by molar-refractivity contribution is 5.76. The van der Waals surface area contributed by atoms with Gasteiger partial charge in [-0.1, -0.05) is 314 Å². The number of esters is 1. The number of amides is 1. The molecule has 0 rings (SSSR count). The maximum Gasteiger partial charge on any atom is 0.305 e. The summed E-state index contributed by atoms with van der Waals surface area (Å²) in [6.45, 7) is 4.90. The first-order valence-corrected chi connectivity index (χ1v) is 32.6. The van der Waals surface area contributed by atoms with Gasteiger partial charge in [-0.3, -0.25) is 9.59 Å². The van der Waals surface area contributed by atoms with Gasteiger partial charge in [0, 0.05) is 12.8 Å². The van der Waals surface area contributed by atoms with Crippen LogP contribution in [-0.4, -0.2) is 47.4 Å². The maximum absolute atomic E-state index is 12.4. The van der Waals surface area contributed by atoms with Gasteiger partial charge < -0.3 is 20.3 Å². The van der Waals surface area contributed by atoms with Crippen molar-refractivity contribution < 1.29 is 24.5 Å². The van der Waals surface area contributed by atoms with Crippen LogP contribution in [0.2, 0.25) is 0 Å². The number of hydrogen-bond donors (Lipinski definition) is 3. The number of carbonyl (C=O) groups excluding carboxylic acids is 2. The summed E-state index contributed by atoms with van der Waals surface area (Å²) in [4.78, 5) is 24.5. The summed E-state index contributed by atoms with van der Waals surface area (Å²) in [6, 6.07) is -0.623. The topological polar surface area (TPSA) is 95.9 Å². The van der Waals surface area contributed by atoms with E-state index in [1.165, 1.54) is 289 Å². The molecule has 0 radical (unpaired) electrons. The second kappa shape index (κ2) is 61.9. The normalized spacial score (nSPS) is 12.7. The molecule has 0 fully saturated rings. The fourth-order valence-corrected chi connectivity index (χ4v) is 10.2. The molecule has 0 spiro atoms. The number of aliphatic hydroxyl groups is 2. The summed E-state index contributed by atoms with van der Waals surface area (Å²) in [6.07, 6.45) is 76.8. The maximum atomic E-state index is 12.4. The summed E-state index contributed by atoms with van der Waals surface area (Å²) >= 11 is 0. The molecule has 0 saturated carbocycles. The van der Waals surface area contributed by atoms with Gasteiger partial charge in [0.05, 0.1) is 25.4 Å². The number of carbonyl (C=O) groups is 2. The molecule has 0 heterocycles. The van der Waals surface area contributed by atoms with Crippen molar-refractivity contribution in [1.29, 1.82) is 0 Å². The third kappa shape index (κ3) is 57.6. The minimum absolute atomic E-state index is 0.0115. The van der Waals surface area contributed by atoms with Crippen molar-refractivity contribution in [3.63, 3.8) is 0 Å². The SMILES string of the molecule is CCCCCCCC/C=C\CCCCCCCC(=O)OCCCCCCCCCCCCCCCCCCCCCCCCCCCCCCCC(=O)NC(CO)C(O)/C=C/CCCCCCCCCCC. The molecular formula is C66H127NO5. The zero-order chi connectivity index (χ0) is 52.2. The second-order valence-corrected chi connectivity index (χ2v) is 22.5. The molecule has 0 saturated heterocycles. The first-order chi connectivity index (χ1) is 35.5. The summed E-state index contributed by atoms with van der Waals surface area (Å²) in [5.41, 5.74) is 0. The van der Waals surface area contributed by atoms with Gasteiger partial charge in [-0.25, -0.2) is 0 Å². The molecular weight excluding hydrogens is 887 g/mol. The van der Waals surface area contributed by atoms with Crippen molar-refractivity contribution in [3.05, 3.63) is 24.3 Å². The summed E-state index contributed by atoms with van der Waals surface area (Å²) < 4.78 is 5.49. The van der Waals surface area contributed by atoms with Crippen LogP contribution in [0.3, 0.4) is 0 Å². The van der Waals surface area contributed by atoms with Crippen LogP contribution in [0.1, 0.15) is 361 Å². The van der Waals surface area contributed by atoms with Crippen LogP contribution in [0.15, 0.2) is 24.3 Å². The lowest BCUT2D eigenvalue weighted by Crippen LogP contribution is -2.45. The van der Waals surface area contributed by atoms with Crippen LogP contribution in [0.25, 0.3) is 0 Å². The van der Waals surface area contributed by atoms with Crippen LogP contribution in [0.4, 0.5) is 0 Å². The third-order valence-electron chi connectivity index (χ3n) is 15.2. The molecule has 3 N–H and O–H groups in total. The minimum Gasteiger partial charge on any atom is -0.466 e. The third-order valence-corrected chi connectivity index (χ3v) is 15.2. The van der Waals surface area contributed by atoms with Crippen molar-refractivity contribution in [3.8, 4) is 0 Å². The zero-order valence-corrected chi connectivity index (χ0v) is 48.7. The Morgan fingerprint density at radius 2 is 0.653 bits per heavy atom. The average Bonchev–Trinajstić information content (AvgIpc) is 3.38. The number of ether oxygens (including phenoxy) is 1. The number of rotatable bonds is 61. The van der Waals surface area contributed by atoms with E-state index in [9.17, 15) is 19.8 Å². The molecule has 0 aliphatic heterocycles. The Balaban J connectivity index is 3.32. The quantitative estimate of drug-likeness (QED) is 0.0320. The van der Waals surface area contributed by atoms with Crippen molar-refractivity contribution in [2.45, 2.75) is 373 Å². The standard InChI is InChI=1S/C66H127NO5/c1-3-5-7-9-11-13-15-16-32-36-40-44-48-52-56-60-66(71)72-61-57-53-49-45-41-37-34-31-29-27-25-23-21-19-17-18-20-22-24-26-28-30-33-35-39-43-47-51-55-59-65(70)67-63(62-68)64(69)58-54-50-46-42-38-14-12-10-8-6-4-2/h16,32,54,58,63-64,68-69H,3-15,17-31,33-53,55-57,59-62H2,1-2H3,(H,67,70)/b32-16-,58-54+. The highest BCUT2D eigenvalue weighted by Crippen LogP contribution is 2.18. The lowest BCUT2D eigenvalue weighted by Gasteiger charge is -2.20. The Morgan fingerprint density at radius 1 is 0.375 bits per heavy atom. The van der Waals surface area contributed by atoms with Crippen LogP contribution >= 0.6 is 0 Å². The Hall–Kier alpha value is -1.66. The summed E-state index contributed by atoms with van der Waals surface area (Å²) in [7, 11) is 0. The molecule has 0 aromatic rings. The molecule has 0 aliphatic rings. The van der Waals surface area contributed by atoms with Crippen LogP contribution in [0.5, 0.6) is 0 Å². The molecule has 6 nitrogen and oxygen atoms in total. The van der Waals surface area contributed by atoms with Gasteiger partial charge in [0.15, 0.2) is 0 Å². The Kier molecular flexibility index (Phi) is 60.5.